The Hall–Kier alpha value is -0.720. The maximum Gasteiger partial charge on any atom is 0.202 e. The van der Waals surface area contributed by atoms with E-state index in [-0.39, 0.29) is 0 Å². The Labute approximate surface area is 100 Å². The number of nitrogens with zero attached hydrogens (tertiary/aromatic N) is 2. The molecule has 0 saturated carbocycles. The molecule has 0 aliphatic carbocycles. The van der Waals surface area contributed by atoms with E-state index in [0.29, 0.717) is 13.2 Å². The molecule has 0 spiro atoms. The van der Waals surface area contributed by atoms with Crippen molar-refractivity contribution < 1.29 is 9.47 Å². The predicted molar refractivity (Wildman–Crippen MR) is 65.1 cm³/mol. The van der Waals surface area contributed by atoms with Gasteiger partial charge in [-0.25, -0.2) is 4.98 Å². The Morgan fingerprint density at radius 2 is 2.12 bits per heavy atom. The van der Waals surface area contributed by atoms with Crippen LogP contribution in [0.3, 0.4) is 0 Å². The first-order valence-corrected chi connectivity index (χ1v) is 6.21. The second-order valence-corrected chi connectivity index (χ2v) is 4.14. The molecule has 92 valence electrons. The van der Waals surface area contributed by atoms with E-state index in [1.54, 1.807) is 7.11 Å². The van der Waals surface area contributed by atoms with Gasteiger partial charge in [-0.2, -0.15) is 4.37 Å². The fourth-order valence-corrected chi connectivity index (χ4v) is 1.74. The summed E-state index contributed by atoms with van der Waals surface area (Å²) < 4.78 is 14.3. The van der Waals surface area contributed by atoms with E-state index in [9.17, 15) is 0 Å². The van der Waals surface area contributed by atoms with Crippen LogP contribution in [0.5, 0.6) is 0 Å². The lowest BCUT2D eigenvalue weighted by Gasteiger charge is -2.03. The van der Waals surface area contributed by atoms with Gasteiger partial charge in [0.1, 0.15) is 5.82 Å². The zero-order valence-electron chi connectivity index (χ0n) is 9.86. The number of hydrogen-bond donors (Lipinski definition) is 1. The molecule has 0 aromatic carbocycles. The molecular formula is C10H19N3O2S. The van der Waals surface area contributed by atoms with Crippen LogP contribution >= 0.6 is 11.5 Å². The molecule has 16 heavy (non-hydrogen) atoms. The van der Waals surface area contributed by atoms with Crippen LogP contribution in [0.15, 0.2) is 0 Å². The second kappa shape index (κ2) is 8.43. The van der Waals surface area contributed by atoms with Gasteiger partial charge in [-0.1, -0.05) is 0 Å². The van der Waals surface area contributed by atoms with Crippen LogP contribution in [0.2, 0.25) is 0 Å². The van der Waals surface area contributed by atoms with Crippen LogP contribution < -0.4 is 5.32 Å². The predicted octanol–water partition coefficient (Wildman–Crippen LogP) is 1.70. The first kappa shape index (κ1) is 13.3. The van der Waals surface area contributed by atoms with Crippen molar-refractivity contribution in [3.05, 3.63) is 5.82 Å². The third-order valence-electron chi connectivity index (χ3n) is 1.95. The average Bonchev–Trinajstić information content (AvgIpc) is 2.68. The van der Waals surface area contributed by atoms with Crippen LogP contribution in [-0.2, 0) is 9.47 Å². The molecule has 0 bridgehead atoms. The minimum atomic E-state index is 0.669. The zero-order chi connectivity index (χ0) is 11.6. The van der Waals surface area contributed by atoms with Gasteiger partial charge in [-0.3, -0.25) is 0 Å². The number of rotatable bonds is 9. The lowest BCUT2D eigenvalue weighted by Crippen LogP contribution is -2.06. The van der Waals surface area contributed by atoms with Crippen molar-refractivity contribution in [2.75, 3.05) is 38.8 Å². The first-order valence-electron chi connectivity index (χ1n) is 5.44. The molecule has 1 heterocycles. The van der Waals surface area contributed by atoms with Crippen LogP contribution in [-0.4, -0.2) is 42.8 Å². The van der Waals surface area contributed by atoms with E-state index in [1.165, 1.54) is 11.5 Å². The zero-order valence-corrected chi connectivity index (χ0v) is 10.7. The summed E-state index contributed by atoms with van der Waals surface area (Å²) in [4.78, 5) is 4.22. The molecule has 6 heteroatoms. The summed E-state index contributed by atoms with van der Waals surface area (Å²) in [6.45, 7) is 4.95. The number of hydrogen-bond acceptors (Lipinski definition) is 6. The van der Waals surface area contributed by atoms with Gasteiger partial charge in [-0.05, 0) is 19.8 Å². The van der Waals surface area contributed by atoms with Gasteiger partial charge in [0.15, 0.2) is 0 Å². The van der Waals surface area contributed by atoms with Crippen molar-refractivity contribution in [3.63, 3.8) is 0 Å². The highest BCUT2D eigenvalue weighted by molar-refractivity contribution is 7.09. The molecule has 0 saturated heterocycles. The SMILES string of the molecule is COCCOCCCCNc1nc(C)ns1. The molecule has 1 N–H and O–H groups in total. The molecule has 5 nitrogen and oxygen atoms in total. The first-order chi connectivity index (χ1) is 7.83. The summed E-state index contributed by atoms with van der Waals surface area (Å²) in [5.74, 6) is 0.829. The minimum Gasteiger partial charge on any atom is -0.382 e. The van der Waals surface area contributed by atoms with Crippen molar-refractivity contribution >= 4 is 16.7 Å². The molecule has 1 aromatic rings. The Morgan fingerprint density at radius 3 is 2.81 bits per heavy atom. The number of unbranched alkanes of at least 4 members (excludes halogenated alkanes) is 1. The number of aryl methyl sites for hydroxylation is 1. The van der Waals surface area contributed by atoms with E-state index < -0.39 is 0 Å². The lowest BCUT2D eigenvalue weighted by molar-refractivity contribution is 0.0691. The van der Waals surface area contributed by atoms with Crippen LogP contribution in [0.4, 0.5) is 5.13 Å². The third kappa shape index (κ3) is 5.99. The normalized spacial score (nSPS) is 10.6. The molecule has 0 amide bonds. The van der Waals surface area contributed by atoms with Crippen molar-refractivity contribution in [3.8, 4) is 0 Å². The molecule has 0 aliphatic rings. The highest BCUT2D eigenvalue weighted by Crippen LogP contribution is 2.09. The van der Waals surface area contributed by atoms with E-state index in [0.717, 1.165) is 36.9 Å². The van der Waals surface area contributed by atoms with Crippen LogP contribution in [0.25, 0.3) is 0 Å². The summed E-state index contributed by atoms with van der Waals surface area (Å²) in [6.07, 6.45) is 2.13. The summed E-state index contributed by atoms with van der Waals surface area (Å²) >= 11 is 1.40. The Bertz CT molecular complexity index is 281. The molecule has 0 fully saturated rings. The summed E-state index contributed by atoms with van der Waals surface area (Å²) in [5.41, 5.74) is 0. The number of nitrogens with one attached hydrogen (secondary N) is 1. The van der Waals surface area contributed by atoms with E-state index in [4.69, 9.17) is 9.47 Å². The Kier molecular flexibility index (Phi) is 7.03. The Morgan fingerprint density at radius 1 is 1.25 bits per heavy atom. The highest BCUT2D eigenvalue weighted by Gasteiger charge is 1.97. The summed E-state index contributed by atoms with van der Waals surface area (Å²) in [5, 5.41) is 4.13. The van der Waals surface area contributed by atoms with Gasteiger partial charge < -0.3 is 14.8 Å². The minimum absolute atomic E-state index is 0.669. The van der Waals surface area contributed by atoms with E-state index in [1.807, 2.05) is 6.92 Å². The third-order valence-corrected chi connectivity index (χ3v) is 2.72. The van der Waals surface area contributed by atoms with E-state index in [2.05, 4.69) is 14.7 Å². The van der Waals surface area contributed by atoms with E-state index >= 15 is 0 Å². The topological polar surface area (TPSA) is 56.3 Å². The maximum absolute atomic E-state index is 5.35. The fraction of sp³-hybridized carbons (Fsp3) is 0.800. The maximum atomic E-state index is 5.35. The molecule has 1 aromatic heterocycles. The molecule has 0 radical (unpaired) electrons. The fourth-order valence-electron chi connectivity index (χ4n) is 1.14. The van der Waals surface area contributed by atoms with Gasteiger partial charge in [0, 0.05) is 31.8 Å². The second-order valence-electron chi connectivity index (χ2n) is 3.39. The van der Waals surface area contributed by atoms with Crippen LogP contribution in [0.1, 0.15) is 18.7 Å². The quantitative estimate of drug-likeness (QED) is 0.671. The monoisotopic (exact) mass is 245 g/mol. The van der Waals surface area contributed by atoms with Crippen molar-refractivity contribution in [1.82, 2.24) is 9.36 Å². The number of methoxy groups -OCH3 is 1. The number of aromatic nitrogens is 2. The van der Waals surface area contributed by atoms with Gasteiger partial charge in [0.2, 0.25) is 5.13 Å². The largest absolute Gasteiger partial charge is 0.382 e. The standard InChI is InChI=1S/C10H19N3O2S/c1-9-12-10(16-13-9)11-5-3-4-6-15-8-7-14-2/h3-8H2,1-2H3,(H,11,12,13). The molecule has 0 unspecified atom stereocenters. The number of ether oxygens (including phenoxy) is 2. The molecular weight excluding hydrogens is 226 g/mol. The molecule has 0 aliphatic heterocycles. The van der Waals surface area contributed by atoms with Gasteiger partial charge in [0.05, 0.1) is 13.2 Å². The lowest BCUT2D eigenvalue weighted by atomic mass is 10.3. The Balaban J connectivity index is 1.88. The average molecular weight is 245 g/mol. The molecule has 1 rings (SSSR count). The van der Waals surface area contributed by atoms with Gasteiger partial charge >= 0.3 is 0 Å². The number of anilines is 1. The van der Waals surface area contributed by atoms with Crippen molar-refractivity contribution in [2.24, 2.45) is 0 Å². The van der Waals surface area contributed by atoms with Crippen LogP contribution in [0, 0.1) is 6.92 Å². The van der Waals surface area contributed by atoms with Crippen molar-refractivity contribution in [1.29, 1.82) is 0 Å². The molecule has 0 atom stereocenters. The van der Waals surface area contributed by atoms with Gasteiger partial charge in [-0.15, -0.1) is 0 Å². The van der Waals surface area contributed by atoms with Gasteiger partial charge in [0.25, 0.3) is 0 Å². The van der Waals surface area contributed by atoms with Crippen molar-refractivity contribution in [2.45, 2.75) is 19.8 Å². The highest BCUT2D eigenvalue weighted by atomic mass is 32.1. The smallest absolute Gasteiger partial charge is 0.202 e. The summed E-state index contributed by atoms with van der Waals surface area (Å²) in [6, 6.07) is 0. The summed E-state index contributed by atoms with van der Waals surface area (Å²) in [7, 11) is 1.68.